The van der Waals surface area contributed by atoms with Crippen molar-refractivity contribution < 1.29 is 13.9 Å². The molecule has 4 rings (SSSR count). The van der Waals surface area contributed by atoms with Gasteiger partial charge in [0.05, 0.1) is 17.1 Å². The summed E-state index contributed by atoms with van der Waals surface area (Å²) in [6.45, 7) is 5.89. The lowest BCUT2D eigenvalue weighted by atomic mass is 10.0. The summed E-state index contributed by atoms with van der Waals surface area (Å²) in [5.41, 5.74) is 2.65. The molecule has 2 heterocycles. The van der Waals surface area contributed by atoms with Crippen LogP contribution in [0.4, 0.5) is 0 Å². The molecule has 2 N–H and O–H groups in total. The third-order valence-corrected chi connectivity index (χ3v) is 5.07. The molecular formula is C24H25N3O4. The monoisotopic (exact) mass is 419 g/mol. The topological polar surface area (TPSA) is 97.2 Å². The van der Waals surface area contributed by atoms with E-state index in [0.29, 0.717) is 17.3 Å². The van der Waals surface area contributed by atoms with Crippen molar-refractivity contribution in [3.05, 3.63) is 70.3 Å². The minimum atomic E-state index is -0.415. The highest BCUT2D eigenvalue weighted by molar-refractivity contribution is 5.82. The number of carbonyl (C=O) groups is 1. The van der Waals surface area contributed by atoms with E-state index in [9.17, 15) is 9.59 Å². The molecule has 0 aliphatic carbocycles. The van der Waals surface area contributed by atoms with Gasteiger partial charge in [-0.2, -0.15) is 0 Å². The van der Waals surface area contributed by atoms with Crippen LogP contribution in [0.5, 0.6) is 5.75 Å². The summed E-state index contributed by atoms with van der Waals surface area (Å²) in [5, 5.41) is 3.85. The van der Waals surface area contributed by atoms with E-state index in [2.05, 4.69) is 29.1 Å². The van der Waals surface area contributed by atoms with Crippen LogP contribution in [0.1, 0.15) is 37.7 Å². The number of aromatic nitrogens is 2. The van der Waals surface area contributed by atoms with Crippen LogP contribution in [0.2, 0.25) is 0 Å². The molecule has 0 saturated heterocycles. The first-order valence-corrected chi connectivity index (χ1v) is 10.3. The van der Waals surface area contributed by atoms with E-state index in [0.717, 1.165) is 34.2 Å². The lowest BCUT2D eigenvalue weighted by Crippen LogP contribution is -2.34. The average Bonchev–Trinajstić information content (AvgIpc) is 3.15. The molecule has 7 nitrogen and oxygen atoms in total. The molecule has 2 aromatic heterocycles. The molecular weight excluding hydrogens is 394 g/mol. The second-order valence-electron chi connectivity index (χ2n) is 8.08. The third kappa shape index (κ3) is 4.77. The Kier molecular flexibility index (Phi) is 5.75. The van der Waals surface area contributed by atoms with E-state index in [1.807, 2.05) is 37.3 Å². The molecule has 0 spiro atoms. The van der Waals surface area contributed by atoms with E-state index in [4.69, 9.17) is 9.15 Å². The third-order valence-electron chi connectivity index (χ3n) is 5.07. The molecule has 7 heteroatoms. The van der Waals surface area contributed by atoms with Crippen LogP contribution in [0.25, 0.3) is 22.0 Å². The number of carbonyl (C=O) groups excluding carboxylic acids is 1. The molecule has 0 radical (unpaired) electrons. The number of rotatable bonds is 7. The number of amides is 1. The van der Waals surface area contributed by atoms with Gasteiger partial charge in [-0.1, -0.05) is 26.0 Å². The minimum absolute atomic E-state index is 0.156. The van der Waals surface area contributed by atoms with Crippen LogP contribution in [0.15, 0.2) is 57.7 Å². The molecule has 31 heavy (non-hydrogen) atoms. The Morgan fingerprint density at radius 1 is 1.19 bits per heavy atom. The first-order chi connectivity index (χ1) is 14.9. The lowest BCUT2D eigenvalue weighted by molar-refractivity contribution is -0.124. The summed E-state index contributed by atoms with van der Waals surface area (Å²) in [4.78, 5) is 32.2. The number of hydrogen-bond donors (Lipinski definition) is 2. The zero-order valence-corrected chi connectivity index (χ0v) is 17.8. The Hall–Kier alpha value is -3.61. The SMILES string of the molecule is Cc1cc(=O)oc2cc(OCC(=O)N[C@@H](CC(C)C)c3nc4ccccc4[nH]3)ccc12. The van der Waals surface area contributed by atoms with Gasteiger partial charge in [-0.25, -0.2) is 9.78 Å². The number of aryl methyl sites for hydroxylation is 1. The molecule has 0 unspecified atom stereocenters. The number of hydrogen-bond acceptors (Lipinski definition) is 5. The highest BCUT2D eigenvalue weighted by Crippen LogP contribution is 2.23. The van der Waals surface area contributed by atoms with Crippen molar-refractivity contribution in [1.29, 1.82) is 0 Å². The average molecular weight is 419 g/mol. The molecule has 0 fully saturated rings. The predicted molar refractivity (Wildman–Crippen MR) is 119 cm³/mol. The minimum Gasteiger partial charge on any atom is -0.484 e. The summed E-state index contributed by atoms with van der Waals surface area (Å²) >= 11 is 0. The molecule has 0 saturated carbocycles. The quantitative estimate of drug-likeness (QED) is 0.436. The van der Waals surface area contributed by atoms with Crippen molar-refractivity contribution in [3.8, 4) is 5.75 Å². The maximum Gasteiger partial charge on any atom is 0.336 e. The Morgan fingerprint density at radius 3 is 2.77 bits per heavy atom. The van der Waals surface area contributed by atoms with Crippen LogP contribution in [0.3, 0.4) is 0 Å². The first kappa shape index (κ1) is 20.7. The number of fused-ring (bicyclic) bond motifs is 2. The number of para-hydroxylation sites is 2. The fourth-order valence-electron chi connectivity index (χ4n) is 3.63. The molecule has 0 bridgehead atoms. The zero-order valence-electron chi connectivity index (χ0n) is 17.8. The van der Waals surface area contributed by atoms with E-state index in [-0.39, 0.29) is 18.6 Å². The van der Waals surface area contributed by atoms with Crippen LogP contribution in [-0.4, -0.2) is 22.5 Å². The summed E-state index contributed by atoms with van der Waals surface area (Å²) in [6, 6.07) is 14.2. The largest absolute Gasteiger partial charge is 0.484 e. The van der Waals surface area contributed by atoms with Gasteiger partial charge in [-0.05, 0) is 49.1 Å². The van der Waals surface area contributed by atoms with Crippen LogP contribution in [-0.2, 0) is 4.79 Å². The summed E-state index contributed by atoms with van der Waals surface area (Å²) < 4.78 is 10.9. The lowest BCUT2D eigenvalue weighted by Gasteiger charge is -2.19. The maximum atomic E-state index is 12.6. The van der Waals surface area contributed by atoms with Gasteiger partial charge in [0.1, 0.15) is 17.2 Å². The number of aromatic amines is 1. The number of nitrogens with one attached hydrogen (secondary N) is 2. The van der Waals surface area contributed by atoms with Gasteiger partial charge in [-0.15, -0.1) is 0 Å². The Labute approximate surface area is 179 Å². The van der Waals surface area contributed by atoms with Gasteiger partial charge in [0.2, 0.25) is 0 Å². The Bertz CT molecular complexity index is 1260. The first-order valence-electron chi connectivity index (χ1n) is 10.3. The van der Waals surface area contributed by atoms with E-state index >= 15 is 0 Å². The van der Waals surface area contributed by atoms with Crippen molar-refractivity contribution in [3.63, 3.8) is 0 Å². The van der Waals surface area contributed by atoms with Crippen molar-refractivity contribution in [2.24, 2.45) is 5.92 Å². The van der Waals surface area contributed by atoms with Gasteiger partial charge in [0, 0.05) is 17.5 Å². The Balaban J connectivity index is 1.46. The number of benzene rings is 2. The van der Waals surface area contributed by atoms with Gasteiger partial charge in [-0.3, -0.25) is 4.79 Å². The molecule has 2 aromatic carbocycles. The van der Waals surface area contributed by atoms with Crippen LogP contribution < -0.4 is 15.7 Å². The molecule has 0 aliphatic heterocycles. The van der Waals surface area contributed by atoms with Crippen molar-refractivity contribution in [2.45, 2.75) is 33.2 Å². The molecule has 0 aliphatic rings. The second kappa shape index (κ2) is 8.63. The summed E-state index contributed by atoms with van der Waals surface area (Å²) in [5.74, 6) is 1.30. The smallest absolute Gasteiger partial charge is 0.336 e. The predicted octanol–water partition coefficient (Wildman–Crippen LogP) is 4.26. The maximum absolute atomic E-state index is 12.6. The Morgan fingerprint density at radius 2 is 2.00 bits per heavy atom. The molecule has 4 aromatic rings. The molecule has 1 atom stereocenters. The van der Waals surface area contributed by atoms with Crippen LogP contribution in [0, 0.1) is 12.8 Å². The van der Waals surface area contributed by atoms with Crippen molar-refractivity contribution >= 4 is 27.9 Å². The number of ether oxygens (including phenoxy) is 1. The number of H-pyrrole nitrogens is 1. The van der Waals surface area contributed by atoms with E-state index in [1.54, 1.807) is 12.1 Å². The number of nitrogens with zero attached hydrogens (tertiary/aromatic N) is 1. The highest BCUT2D eigenvalue weighted by Gasteiger charge is 2.20. The van der Waals surface area contributed by atoms with Gasteiger partial charge < -0.3 is 19.5 Å². The summed E-state index contributed by atoms with van der Waals surface area (Å²) in [6.07, 6.45) is 0.742. The normalized spacial score (nSPS) is 12.4. The van der Waals surface area contributed by atoms with Gasteiger partial charge in [0.15, 0.2) is 6.61 Å². The van der Waals surface area contributed by atoms with Crippen molar-refractivity contribution in [1.82, 2.24) is 15.3 Å². The van der Waals surface area contributed by atoms with Crippen molar-refractivity contribution in [2.75, 3.05) is 6.61 Å². The standard InChI is InChI=1S/C24H25N3O4/c1-14(2)10-20(24-26-18-6-4-5-7-19(18)27-24)25-22(28)13-30-16-8-9-17-15(3)11-23(29)31-21(17)12-16/h4-9,11-12,14,20H,10,13H2,1-3H3,(H,25,28)(H,26,27)/t20-/m0/s1. The van der Waals surface area contributed by atoms with E-state index in [1.165, 1.54) is 6.07 Å². The highest BCUT2D eigenvalue weighted by atomic mass is 16.5. The molecule has 160 valence electrons. The fraction of sp³-hybridized carbons (Fsp3) is 0.292. The zero-order chi connectivity index (χ0) is 22.0. The number of imidazole rings is 1. The summed E-state index contributed by atoms with van der Waals surface area (Å²) in [7, 11) is 0. The van der Waals surface area contributed by atoms with Crippen LogP contribution >= 0.6 is 0 Å². The molecule has 1 amide bonds. The second-order valence-corrected chi connectivity index (χ2v) is 8.08. The van der Waals surface area contributed by atoms with Gasteiger partial charge >= 0.3 is 5.63 Å². The van der Waals surface area contributed by atoms with Gasteiger partial charge in [0.25, 0.3) is 5.91 Å². The fourth-order valence-corrected chi connectivity index (χ4v) is 3.63. The van der Waals surface area contributed by atoms with E-state index < -0.39 is 5.63 Å².